The van der Waals surface area contributed by atoms with E-state index in [0.29, 0.717) is 25.6 Å². The monoisotopic (exact) mass is 295 g/mol. The van der Waals surface area contributed by atoms with Crippen LogP contribution in [0.25, 0.3) is 0 Å². The Kier molecular flexibility index (Phi) is 5.36. The summed E-state index contributed by atoms with van der Waals surface area (Å²) in [7, 11) is 1.60. The Morgan fingerprint density at radius 1 is 1.33 bits per heavy atom. The molecule has 6 heteroatoms. The van der Waals surface area contributed by atoms with E-state index in [-0.39, 0.29) is 24.5 Å². The van der Waals surface area contributed by atoms with Gasteiger partial charge >= 0.3 is 0 Å². The Morgan fingerprint density at radius 3 is 2.48 bits per heavy atom. The fourth-order valence-corrected chi connectivity index (χ4v) is 2.61. The van der Waals surface area contributed by atoms with Crippen LogP contribution in [0.2, 0.25) is 0 Å². The number of aliphatic hydroxyl groups is 1. The third-order valence-electron chi connectivity index (χ3n) is 4.26. The molecule has 2 fully saturated rings. The number of aliphatic hydroxyl groups excluding tert-OH is 1. The summed E-state index contributed by atoms with van der Waals surface area (Å²) in [6.45, 7) is 7.11. The van der Waals surface area contributed by atoms with Gasteiger partial charge in [0, 0.05) is 39.8 Å². The Bertz CT molecular complexity index is 401. The van der Waals surface area contributed by atoms with E-state index in [1.807, 2.05) is 0 Å². The maximum atomic E-state index is 12.1. The molecule has 2 amide bonds. The van der Waals surface area contributed by atoms with Gasteiger partial charge in [0.15, 0.2) is 0 Å². The van der Waals surface area contributed by atoms with Crippen molar-refractivity contribution in [2.45, 2.75) is 18.9 Å². The molecule has 1 atom stereocenters. The second-order valence-corrected chi connectivity index (χ2v) is 5.98. The molecule has 1 saturated carbocycles. The van der Waals surface area contributed by atoms with Crippen molar-refractivity contribution in [2.75, 3.05) is 46.3 Å². The van der Waals surface area contributed by atoms with E-state index in [2.05, 4.69) is 11.5 Å². The fraction of sp³-hybridized carbons (Fsp3) is 0.733. The van der Waals surface area contributed by atoms with Crippen LogP contribution in [0.5, 0.6) is 0 Å². The number of hydrogen-bond donors (Lipinski definition) is 1. The normalized spacial score (nSPS) is 21.0. The predicted molar refractivity (Wildman–Crippen MR) is 79.6 cm³/mol. The molecule has 1 aliphatic carbocycles. The number of carbonyl (C=O) groups is 2. The van der Waals surface area contributed by atoms with Gasteiger partial charge in [-0.15, -0.1) is 0 Å². The molecule has 0 spiro atoms. The Hall–Kier alpha value is -1.40. The molecule has 118 valence electrons. The van der Waals surface area contributed by atoms with E-state index < -0.39 is 0 Å². The molecule has 1 saturated heterocycles. The molecule has 2 rings (SSSR count). The highest BCUT2D eigenvalue weighted by Gasteiger charge is 2.32. The first-order valence-corrected chi connectivity index (χ1v) is 7.57. The summed E-state index contributed by atoms with van der Waals surface area (Å²) in [4.78, 5) is 28.9. The zero-order chi connectivity index (χ0) is 15.4. The third-order valence-corrected chi connectivity index (χ3v) is 4.26. The van der Waals surface area contributed by atoms with E-state index in [9.17, 15) is 14.7 Å². The molecule has 1 unspecified atom stereocenters. The van der Waals surface area contributed by atoms with Gasteiger partial charge in [-0.3, -0.25) is 14.5 Å². The number of hydrogen-bond acceptors (Lipinski definition) is 4. The first-order chi connectivity index (χ1) is 10.0. The second-order valence-electron chi connectivity index (χ2n) is 5.98. The van der Waals surface area contributed by atoms with Gasteiger partial charge in [0.2, 0.25) is 11.8 Å². The average Bonchev–Trinajstić information content (AvgIpc) is 3.31. The van der Waals surface area contributed by atoms with Crippen molar-refractivity contribution >= 4 is 11.8 Å². The highest BCUT2D eigenvalue weighted by molar-refractivity contribution is 5.90. The smallest absolute Gasteiger partial charge is 0.246 e. The van der Waals surface area contributed by atoms with Crippen LogP contribution >= 0.6 is 0 Å². The van der Waals surface area contributed by atoms with E-state index in [1.165, 1.54) is 11.0 Å². The summed E-state index contributed by atoms with van der Waals surface area (Å²) >= 11 is 0. The number of piperazine rings is 1. The maximum Gasteiger partial charge on any atom is 0.246 e. The lowest BCUT2D eigenvalue weighted by atomic mass is 10.2. The zero-order valence-electron chi connectivity index (χ0n) is 12.7. The van der Waals surface area contributed by atoms with Crippen molar-refractivity contribution in [3.63, 3.8) is 0 Å². The third kappa shape index (κ3) is 4.54. The molecule has 1 aliphatic heterocycles. The van der Waals surface area contributed by atoms with E-state index in [1.54, 1.807) is 11.9 Å². The molecule has 0 aromatic carbocycles. The number of amides is 2. The van der Waals surface area contributed by atoms with Crippen molar-refractivity contribution in [1.29, 1.82) is 0 Å². The summed E-state index contributed by atoms with van der Waals surface area (Å²) in [5.41, 5.74) is 0. The van der Waals surface area contributed by atoms with E-state index in [0.717, 1.165) is 25.9 Å². The summed E-state index contributed by atoms with van der Waals surface area (Å²) < 4.78 is 0. The summed E-state index contributed by atoms with van der Waals surface area (Å²) in [5, 5.41) is 9.95. The van der Waals surface area contributed by atoms with Gasteiger partial charge in [0.25, 0.3) is 0 Å². The number of likely N-dealkylation sites (N-methyl/N-ethyl adjacent to an activating group) is 1. The molecule has 2 aliphatic rings. The van der Waals surface area contributed by atoms with E-state index in [4.69, 9.17) is 0 Å². The highest BCUT2D eigenvalue weighted by Crippen LogP contribution is 2.32. The lowest BCUT2D eigenvalue weighted by molar-refractivity contribution is -0.138. The minimum absolute atomic E-state index is 0.0323. The summed E-state index contributed by atoms with van der Waals surface area (Å²) in [6, 6.07) is 0. The molecular formula is C15H25N3O3. The molecule has 0 bridgehead atoms. The Labute approximate surface area is 126 Å². The highest BCUT2D eigenvalue weighted by atomic mass is 16.3. The summed E-state index contributed by atoms with van der Waals surface area (Å²) in [6.07, 6.45) is 3.28. The van der Waals surface area contributed by atoms with Crippen LogP contribution in [0.3, 0.4) is 0 Å². The standard InChI is InChI=1S/C15H25N3O3/c1-3-14(20)16(2)11-15(21)18-8-6-17(7-9-18)10-13(19)12-4-5-12/h3,12-13,19H,1,4-11H2,2H3. The van der Waals surface area contributed by atoms with Crippen molar-refractivity contribution in [2.24, 2.45) is 5.92 Å². The van der Waals surface area contributed by atoms with Crippen LogP contribution in [-0.2, 0) is 9.59 Å². The molecule has 21 heavy (non-hydrogen) atoms. The van der Waals surface area contributed by atoms with Gasteiger partial charge in [-0.25, -0.2) is 0 Å². The van der Waals surface area contributed by atoms with Crippen molar-refractivity contribution in [3.8, 4) is 0 Å². The maximum absolute atomic E-state index is 12.1. The van der Waals surface area contributed by atoms with E-state index >= 15 is 0 Å². The van der Waals surface area contributed by atoms with Crippen LogP contribution in [0.15, 0.2) is 12.7 Å². The predicted octanol–water partition coefficient (Wildman–Crippen LogP) is -0.454. The van der Waals surface area contributed by atoms with Crippen molar-refractivity contribution in [1.82, 2.24) is 14.7 Å². The number of nitrogens with zero attached hydrogens (tertiary/aromatic N) is 3. The molecule has 0 aromatic rings. The van der Waals surface area contributed by atoms with Crippen molar-refractivity contribution in [3.05, 3.63) is 12.7 Å². The first kappa shape index (κ1) is 16.0. The van der Waals surface area contributed by atoms with Crippen LogP contribution in [0.1, 0.15) is 12.8 Å². The summed E-state index contributed by atoms with van der Waals surface area (Å²) in [5.74, 6) is 0.216. The number of carbonyl (C=O) groups excluding carboxylic acids is 2. The molecule has 6 nitrogen and oxygen atoms in total. The lowest BCUT2D eigenvalue weighted by Crippen LogP contribution is -2.52. The molecule has 1 heterocycles. The Morgan fingerprint density at radius 2 is 1.95 bits per heavy atom. The van der Waals surface area contributed by atoms with Gasteiger partial charge in [-0.2, -0.15) is 0 Å². The molecule has 0 radical (unpaired) electrons. The van der Waals surface area contributed by atoms with Gasteiger partial charge in [-0.1, -0.05) is 6.58 Å². The minimum atomic E-state index is -0.241. The van der Waals surface area contributed by atoms with Gasteiger partial charge in [0.1, 0.15) is 0 Å². The van der Waals surface area contributed by atoms with Crippen LogP contribution in [-0.4, -0.2) is 84.0 Å². The zero-order valence-corrected chi connectivity index (χ0v) is 12.7. The quantitative estimate of drug-likeness (QED) is 0.674. The largest absolute Gasteiger partial charge is 0.392 e. The van der Waals surface area contributed by atoms with Crippen LogP contribution in [0, 0.1) is 5.92 Å². The molecule has 0 aromatic heterocycles. The number of rotatable bonds is 6. The van der Waals surface area contributed by atoms with Gasteiger partial charge < -0.3 is 14.9 Å². The van der Waals surface area contributed by atoms with Crippen molar-refractivity contribution < 1.29 is 14.7 Å². The van der Waals surface area contributed by atoms with Crippen LogP contribution in [0.4, 0.5) is 0 Å². The lowest BCUT2D eigenvalue weighted by Gasteiger charge is -2.36. The SMILES string of the molecule is C=CC(=O)N(C)CC(=O)N1CCN(CC(O)C2CC2)CC1. The van der Waals surface area contributed by atoms with Gasteiger partial charge in [-0.05, 0) is 24.8 Å². The average molecular weight is 295 g/mol. The first-order valence-electron chi connectivity index (χ1n) is 7.57. The molecular weight excluding hydrogens is 270 g/mol. The minimum Gasteiger partial charge on any atom is -0.392 e. The molecule has 1 N–H and O–H groups in total. The Balaban J connectivity index is 1.71. The number of β-amino-alcohol motifs (C(OH)–C–C–N with tert-alkyl or cyclic N) is 1. The fourth-order valence-electron chi connectivity index (χ4n) is 2.61. The second kappa shape index (κ2) is 7.04. The topological polar surface area (TPSA) is 64.1 Å². The van der Waals surface area contributed by atoms with Gasteiger partial charge in [0.05, 0.1) is 12.6 Å². The van der Waals surface area contributed by atoms with Crippen LogP contribution < -0.4 is 0 Å².